The van der Waals surface area contributed by atoms with Crippen LogP contribution in [0.3, 0.4) is 0 Å². The molecule has 2 N–H and O–H groups in total. The van der Waals surface area contributed by atoms with E-state index < -0.39 is 379 Å². The molecule has 49 nitrogen and oxygen atoms in total. The average Bonchev–Trinajstić information content (AvgIpc) is 0.569. The van der Waals surface area contributed by atoms with Gasteiger partial charge in [0.2, 0.25) is 5.91 Å². The quantitative estimate of drug-likeness (QED) is 0.0289. The maximum absolute atomic E-state index is 13.7. The highest BCUT2D eigenvalue weighted by molar-refractivity contribution is 5.86. The molecule has 8 rings (SSSR count). The van der Waals surface area contributed by atoms with Crippen molar-refractivity contribution in [3.63, 3.8) is 0 Å². The lowest BCUT2D eigenvalue weighted by molar-refractivity contribution is -0.388. The van der Waals surface area contributed by atoms with Crippen molar-refractivity contribution >= 4 is 95.4 Å². The molecule has 140 heavy (non-hydrogen) atoms. The first-order chi connectivity index (χ1) is 65.8. The van der Waals surface area contributed by atoms with Crippen LogP contribution in [0.2, 0.25) is 0 Å². The van der Waals surface area contributed by atoms with Crippen LogP contribution in [0.5, 0.6) is 0 Å². The van der Waals surface area contributed by atoms with Gasteiger partial charge in [0, 0.05) is 151 Å². The lowest BCUT2D eigenvalue weighted by atomic mass is 9.86. The predicted octanol–water partition coefficient (Wildman–Crippen LogP) is 1.67. The Morgan fingerprint density at radius 3 is 0.593 bits per heavy atom. The van der Waals surface area contributed by atoms with Crippen LogP contribution >= 0.6 is 0 Å². The number of amides is 1. The maximum atomic E-state index is 13.7. The Balaban J connectivity index is 1.11. The van der Waals surface area contributed by atoms with Gasteiger partial charge in [-0.05, 0) is 13.0 Å². The summed E-state index contributed by atoms with van der Waals surface area (Å²) >= 11 is 0. The highest BCUT2D eigenvalue weighted by Crippen LogP contribution is 2.47. The van der Waals surface area contributed by atoms with Crippen molar-refractivity contribution < 1.29 is 229 Å². The van der Waals surface area contributed by atoms with Crippen LogP contribution in [0, 0.1) is 47.3 Å². The van der Waals surface area contributed by atoms with Gasteiger partial charge in [0.15, 0.2) is 86.8 Å². The molecule has 0 radical (unpaired) electrons. The third kappa shape index (κ3) is 32.3. The van der Waals surface area contributed by atoms with E-state index in [1.807, 2.05) is 0 Å². The zero-order chi connectivity index (χ0) is 104. The summed E-state index contributed by atoms with van der Waals surface area (Å²) in [5.41, 5.74) is 0. The van der Waals surface area contributed by atoms with Crippen molar-refractivity contribution in [1.29, 1.82) is 0 Å². The highest BCUT2D eigenvalue weighted by Gasteiger charge is 2.62. The lowest BCUT2D eigenvalue weighted by Gasteiger charge is -2.52. The SMILES string of the molecule is C=CC(=O)NCOCC1OC(OC2C(COC(C)=O)OC(OC3C(COC(C)=O)OC(OC4C(COC(C)=O)OC(OC5C(COC(C)=O)OC(OC6C(COC(C)=O)OC(OC7C(COC(C)=O)OC(OC8C(COC(C)=O)OC(C)C(OC(C)=O)C8C)C(OC(C)=O)C7C)C(OC(C)=O)C6C)C(OC(C)=O)C5C)C(OC(C)=O)C4C)C(OC(C)=O)C3C)C(OC(C)=O)C2C)C(OC(C)=O)C(C)C1O. The molecule has 792 valence electrons. The van der Waals surface area contributed by atoms with Gasteiger partial charge in [0.1, 0.15) is 108 Å². The summed E-state index contributed by atoms with van der Waals surface area (Å²) in [5, 5.41) is 13.9. The minimum atomic E-state index is -1.83. The highest BCUT2D eigenvalue weighted by atomic mass is 16.8. The summed E-state index contributed by atoms with van der Waals surface area (Å²) in [5.74, 6) is -21.8. The molecule has 40 unspecified atom stereocenters. The van der Waals surface area contributed by atoms with Gasteiger partial charge >= 0.3 is 89.5 Å². The van der Waals surface area contributed by atoms with Crippen LogP contribution in [0.25, 0.3) is 0 Å². The minimum absolute atomic E-state index is 0.338. The second-order valence-electron chi connectivity index (χ2n) is 35.7. The molecule has 8 aliphatic rings. The Morgan fingerprint density at radius 2 is 0.407 bits per heavy atom. The van der Waals surface area contributed by atoms with Crippen molar-refractivity contribution in [3.8, 4) is 0 Å². The summed E-state index contributed by atoms with van der Waals surface area (Å²) < 4.78 is 193. The van der Waals surface area contributed by atoms with Gasteiger partial charge in [-0.3, -0.25) is 76.7 Å². The Morgan fingerprint density at radius 1 is 0.236 bits per heavy atom. The molecule has 8 aliphatic heterocycles. The summed E-state index contributed by atoms with van der Waals surface area (Å²) in [4.78, 5) is 208. The van der Waals surface area contributed by atoms with E-state index in [-0.39, 0.29) is 19.9 Å². The molecule has 8 saturated heterocycles. The summed E-state index contributed by atoms with van der Waals surface area (Å²) in [6.45, 7) is 29.0. The van der Waals surface area contributed by atoms with Gasteiger partial charge in [-0.25, -0.2) is 0 Å². The molecule has 0 aromatic carbocycles. The number of aliphatic hydroxyl groups excluding tert-OH is 1. The van der Waals surface area contributed by atoms with Crippen molar-refractivity contribution in [3.05, 3.63) is 12.7 Å². The first-order valence-corrected chi connectivity index (χ1v) is 46.1. The van der Waals surface area contributed by atoms with Gasteiger partial charge in [-0.2, -0.15) is 0 Å². The maximum Gasteiger partial charge on any atom is 0.303 e. The first kappa shape index (κ1) is 116. The Kier molecular flexibility index (Phi) is 44.1. The van der Waals surface area contributed by atoms with Gasteiger partial charge in [0.05, 0.1) is 61.5 Å². The number of rotatable bonds is 41. The summed E-state index contributed by atoms with van der Waals surface area (Å²) in [7, 11) is 0. The predicted molar refractivity (Wildman–Crippen MR) is 458 cm³/mol. The smallest absolute Gasteiger partial charge is 0.303 e. The molecular weight excluding hydrogens is 1870 g/mol. The fraction of sp³-hybridized carbons (Fsp3) is 0.802. The Bertz CT molecular complexity index is 4170. The summed E-state index contributed by atoms with van der Waals surface area (Å²) in [6.07, 6.45) is -45.9. The second-order valence-corrected chi connectivity index (χ2v) is 35.7. The number of hydrogen-bond donors (Lipinski definition) is 2. The fourth-order valence-electron chi connectivity index (χ4n) is 18.1. The molecule has 0 aliphatic carbocycles. The van der Waals surface area contributed by atoms with Crippen LogP contribution in [-0.4, -0.2) is 357 Å². The molecular formula is C91H135NO48. The molecule has 0 saturated carbocycles. The van der Waals surface area contributed by atoms with Crippen molar-refractivity contribution in [1.82, 2.24) is 5.32 Å². The van der Waals surface area contributed by atoms with E-state index in [1.54, 1.807) is 34.6 Å². The average molecular weight is 2010 g/mol. The molecule has 49 heteroatoms. The van der Waals surface area contributed by atoms with Crippen molar-refractivity contribution in [2.24, 2.45) is 47.3 Å². The molecule has 1 amide bonds. The zero-order valence-corrected chi connectivity index (χ0v) is 82.9. The number of ether oxygens (including phenoxy) is 31. The topological polar surface area (TPSA) is 592 Å². The number of esters is 15. The molecule has 0 bridgehead atoms. The second kappa shape index (κ2) is 53.2. The van der Waals surface area contributed by atoms with Crippen LogP contribution in [0.1, 0.15) is 166 Å². The molecule has 0 aromatic rings. The molecule has 8 fully saturated rings. The third-order valence-electron chi connectivity index (χ3n) is 24.6. The minimum Gasteiger partial charge on any atom is -0.463 e. The third-order valence-corrected chi connectivity index (χ3v) is 24.6. The van der Waals surface area contributed by atoms with E-state index in [9.17, 15) is 81.8 Å². The Labute approximate surface area is 808 Å². The summed E-state index contributed by atoms with van der Waals surface area (Å²) in [6, 6.07) is 0. The van der Waals surface area contributed by atoms with Gasteiger partial charge in [0.25, 0.3) is 0 Å². The monoisotopic (exact) mass is 2010 g/mol. The van der Waals surface area contributed by atoms with Gasteiger partial charge in [-0.15, -0.1) is 0 Å². The van der Waals surface area contributed by atoms with Crippen LogP contribution in [0.4, 0.5) is 0 Å². The number of carbonyl (C=O) groups is 16. The number of aliphatic hydroxyl groups is 1. The van der Waals surface area contributed by atoms with Crippen molar-refractivity contribution in [2.75, 3.05) is 59.6 Å². The standard InChI is InChI=1S/C91H135NO48/c1-26-68(108)92-35-110-27-60-69(109)36(2)78(120-53(19)101)85(127-60)135-72-38(4)80(122-55(21)103)87(129-62(72)29-112-46(12)94)137-74-40(6)82(124-57(23)105)89(131-64(74)31-114-48(14)96)139-76-42(8)84(126-59(25)107)91(133-66(76)33-116-50(16)98)140-77-43(9)83(125-58(24)106)90(132-67(77)34-117-51(17)99)138-75-41(7)81(123-56(22)104)88(130-65(75)32-115-49(15)97)136-73-39(5)79(121-54(20)102)86(128-63(73)30-113-47(13)95)134-71-37(3)70(119-52(18)100)44(10)118-61(71)28-111-45(11)93/h26,36-44,60-67,69-91,109H,1,27-35H2,2-25H3,(H,92,108). The normalized spacial score (nSPS) is 37.5. The number of hydrogen-bond acceptors (Lipinski definition) is 48. The zero-order valence-electron chi connectivity index (χ0n) is 82.9. The Hall–Kier alpha value is -9.42. The van der Waals surface area contributed by atoms with E-state index in [2.05, 4.69) is 11.9 Å². The van der Waals surface area contributed by atoms with E-state index in [4.69, 9.17) is 147 Å². The van der Waals surface area contributed by atoms with E-state index >= 15 is 0 Å². The first-order valence-electron chi connectivity index (χ1n) is 46.1. The fourth-order valence-corrected chi connectivity index (χ4v) is 18.1. The van der Waals surface area contributed by atoms with E-state index in [0.717, 1.165) is 96.1 Å². The van der Waals surface area contributed by atoms with E-state index in [1.165, 1.54) is 41.5 Å². The van der Waals surface area contributed by atoms with E-state index in [0.29, 0.717) is 0 Å². The number of nitrogens with one attached hydrogen (secondary N) is 1. The molecule has 0 aromatic heterocycles. The van der Waals surface area contributed by atoms with Crippen LogP contribution < -0.4 is 5.32 Å². The van der Waals surface area contributed by atoms with Crippen LogP contribution in [0.15, 0.2) is 12.7 Å². The van der Waals surface area contributed by atoms with Gasteiger partial charge < -0.3 is 157 Å². The number of carbonyl (C=O) groups excluding carboxylic acids is 16. The largest absolute Gasteiger partial charge is 0.463 e. The van der Waals surface area contributed by atoms with Crippen molar-refractivity contribution in [2.45, 2.75) is 363 Å². The molecule has 8 heterocycles. The van der Waals surface area contributed by atoms with Gasteiger partial charge in [-0.1, -0.05) is 62.0 Å². The molecule has 40 atom stereocenters. The van der Waals surface area contributed by atoms with Crippen LogP contribution in [-0.2, 0) is 224 Å². The lowest BCUT2D eigenvalue weighted by Crippen LogP contribution is -2.66. The molecule has 0 spiro atoms.